The van der Waals surface area contributed by atoms with E-state index in [0.717, 1.165) is 12.1 Å². The van der Waals surface area contributed by atoms with Crippen molar-refractivity contribution >= 4 is 33.2 Å². The van der Waals surface area contributed by atoms with Crippen LogP contribution in [0.15, 0.2) is 12.1 Å². The Labute approximate surface area is 129 Å². The van der Waals surface area contributed by atoms with Crippen molar-refractivity contribution in [2.45, 2.75) is 18.6 Å². The van der Waals surface area contributed by atoms with Crippen LogP contribution in [-0.4, -0.2) is 36.0 Å². The molecule has 0 bridgehead atoms. The molecule has 1 heterocycles. The number of carbonyl (C=O) groups is 1. The summed E-state index contributed by atoms with van der Waals surface area (Å²) < 4.78 is 34.9. The third-order valence-electron chi connectivity index (χ3n) is 3.37. The Bertz CT molecular complexity index is 788. The molecule has 0 aromatic heterocycles. The average molecular weight is 347 g/mol. The molecule has 2 rings (SSSR count). The highest BCUT2D eigenvalue weighted by Crippen LogP contribution is 2.41. The quantitative estimate of drug-likeness (QED) is 0.453. The molecular formula is C11H10FN3O7S. The Morgan fingerprint density at radius 3 is 2.04 bits per heavy atom. The van der Waals surface area contributed by atoms with E-state index in [4.69, 9.17) is 0 Å². The van der Waals surface area contributed by atoms with Gasteiger partial charge in [0, 0.05) is 25.1 Å². The van der Waals surface area contributed by atoms with E-state index in [1.54, 1.807) is 0 Å². The van der Waals surface area contributed by atoms with E-state index in [1.807, 2.05) is 0 Å². The van der Waals surface area contributed by atoms with Crippen molar-refractivity contribution in [3.8, 4) is 0 Å². The number of nitrogens with zero attached hydrogens (tertiary/aromatic N) is 3. The van der Waals surface area contributed by atoms with Crippen LogP contribution in [0.5, 0.6) is 0 Å². The Hall–Kier alpha value is -2.63. The van der Waals surface area contributed by atoms with Gasteiger partial charge in [-0.25, -0.2) is 0 Å². The Kier molecular flexibility index (Phi) is 4.03. The Balaban J connectivity index is 2.65. The number of carbonyl (C=O) groups excluding carboxylic acids is 1. The lowest BCUT2D eigenvalue weighted by atomic mass is 10.1. The van der Waals surface area contributed by atoms with Crippen molar-refractivity contribution in [1.29, 1.82) is 0 Å². The van der Waals surface area contributed by atoms with E-state index in [9.17, 15) is 37.3 Å². The predicted molar refractivity (Wildman–Crippen MR) is 75.3 cm³/mol. The number of amides is 1. The molecule has 1 unspecified atom stereocenters. The van der Waals surface area contributed by atoms with Gasteiger partial charge in [0.25, 0.3) is 11.4 Å². The van der Waals surface area contributed by atoms with Gasteiger partial charge in [0.1, 0.15) is 5.25 Å². The number of benzene rings is 1. The van der Waals surface area contributed by atoms with Gasteiger partial charge in [0.15, 0.2) is 0 Å². The number of halogens is 1. The number of rotatable bonds is 4. The van der Waals surface area contributed by atoms with Gasteiger partial charge >= 0.3 is 10.2 Å². The number of aryl methyl sites for hydroxylation is 1. The van der Waals surface area contributed by atoms with Crippen LogP contribution in [0.4, 0.5) is 20.9 Å². The van der Waals surface area contributed by atoms with Crippen molar-refractivity contribution in [3.63, 3.8) is 0 Å². The largest absolute Gasteiger partial charge is 0.307 e. The second-order valence-corrected chi connectivity index (χ2v) is 6.59. The van der Waals surface area contributed by atoms with E-state index >= 15 is 0 Å². The minimum atomic E-state index is -5.05. The molecule has 0 saturated carbocycles. The van der Waals surface area contributed by atoms with Gasteiger partial charge in [-0.3, -0.25) is 29.9 Å². The second kappa shape index (κ2) is 5.53. The minimum Gasteiger partial charge on any atom is -0.299 e. The van der Waals surface area contributed by atoms with Crippen LogP contribution in [0.1, 0.15) is 12.0 Å². The van der Waals surface area contributed by atoms with Crippen molar-refractivity contribution < 1.29 is 26.9 Å². The van der Waals surface area contributed by atoms with Crippen molar-refractivity contribution in [2.75, 3.05) is 11.4 Å². The maximum Gasteiger partial charge on any atom is 0.307 e. The molecule has 1 aliphatic rings. The summed E-state index contributed by atoms with van der Waals surface area (Å²) >= 11 is 0. The van der Waals surface area contributed by atoms with E-state index in [0.29, 0.717) is 4.90 Å². The Morgan fingerprint density at radius 2 is 1.70 bits per heavy atom. The van der Waals surface area contributed by atoms with E-state index in [-0.39, 0.29) is 5.56 Å². The van der Waals surface area contributed by atoms with Gasteiger partial charge in [0.05, 0.1) is 9.85 Å². The summed E-state index contributed by atoms with van der Waals surface area (Å²) in [4.78, 5) is 32.9. The summed E-state index contributed by atoms with van der Waals surface area (Å²) in [5.41, 5.74) is -1.86. The molecule has 12 heteroatoms. The first-order valence-corrected chi connectivity index (χ1v) is 7.64. The fraction of sp³-hybridized carbons (Fsp3) is 0.364. The van der Waals surface area contributed by atoms with Gasteiger partial charge in [-0.05, 0) is 12.5 Å². The summed E-state index contributed by atoms with van der Waals surface area (Å²) in [5, 5.41) is 20.6. The SMILES string of the molecule is Cc1cc([N+](=O)[O-])c(N2CC(S(=O)(=O)F)CC2=O)c([N+](=O)[O-])c1. The maximum atomic E-state index is 13.1. The zero-order chi connectivity index (χ0) is 17.5. The van der Waals surface area contributed by atoms with Gasteiger partial charge in [0.2, 0.25) is 11.6 Å². The highest BCUT2D eigenvalue weighted by atomic mass is 32.3. The molecule has 0 radical (unpaired) electrons. The molecule has 10 nitrogen and oxygen atoms in total. The second-order valence-electron chi connectivity index (χ2n) is 4.97. The maximum absolute atomic E-state index is 13.1. The van der Waals surface area contributed by atoms with Crippen molar-refractivity contribution in [3.05, 3.63) is 37.9 Å². The van der Waals surface area contributed by atoms with Crippen molar-refractivity contribution in [1.82, 2.24) is 0 Å². The predicted octanol–water partition coefficient (Wildman–Crippen LogP) is 1.22. The summed E-state index contributed by atoms with van der Waals surface area (Å²) in [7, 11) is -5.05. The Morgan fingerprint density at radius 1 is 1.22 bits per heavy atom. The molecular weight excluding hydrogens is 337 g/mol. The van der Waals surface area contributed by atoms with Crippen LogP contribution in [0.3, 0.4) is 0 Å². The fourth-order valence-electron chi connectivity index (χ4n) is 2.38. The normalized spacial score (nSPS) is 18.3. The van der Waals surface area contributed by atoms with Crippen LogP contribution in [0.2, 0.25) is 0 Å². The minimum absolute atomic E-state index is 0.216. The topological polar surface area (TPSA) is 141 Å². The number of hydrogen-bond donors (Lipinski definition) is 0. The molecule has 1 atom stereocenters. The summed E-state index contributed by atoms with van der Waals surface area (Å²) in [5.74, 6) is -0.939. The standard InChI is InChI=1S/C11H10FN3O7S/c1-6-2-8(14(17)18)11(9(3-6)15(19)20)13-5-7(4-10(13)16)23(12,21)22/h2-3,7H,4-5H2,1H3. The summed E-state index contributed by atoms with van der Waals surface area (Å²) in [6.07, 6.45) is -0.735. The molecule has 23 heavy (non-hydrogen) atoms. The molecule has 0 N–H and O–H groups in total. The van der Waals surface area contributed by atoms with Crippen molar-refractivity contribution in [2.24, 2.45) is 0 Å². The average Bonchev–Trinajstić information content (AvgIpc) is 2.79. The molecule has 1 fully saturated rings. The number of anilines is 1. The third-order valence-corrected chi connectivity index (χ3v) is 4.48. The highest BCUT2D eigenvalue weighted by Gasteiger charge is 2.44. The van der Waals surface area contributed by atoms with Crippen LogP contribution in [0, 0.1) is 27.2 Å². The first-order chi connectivity index (χ1) is 10.5. The molecule has 1 saturated heterocycles. The molecule has 1 amide bonds. The zero-order valence-electron chi connectivity index (χ0n) is 11.6. The van der Waals surface area contributed by atoms with Crippen LogP contribution < -0.4 is 4.90 Å². The summed E-state index contributed by atoms with van der Waals surface area (Å²) in [6.45, 7) is 0.673. The number of hydrogen-bond acceptors (Lipinski definition) is 7. The fourth-order valence-corrected chi connectivity index (χ4v) is 3.04. The first kappa shape index (κ1) is 16.7. The molecule has 1 aromatic rings. The molecule has 1 aliphatic heterocycles. The van der Waals surface area contributed by atoms with Gasteiger partial charge in [-0.1, -0.05) is 0 Å². The molecule has 124 valence electrons. The highest BCUT2D eigenvalue weighted by molar-refractivity contribution is 7.87. The van der Waals surface area contributed by atoms with Gasteiger partial charge in [-0.2, -0.15) is 8.42 Å². The number of nitro benzene ring substituents is 2. The zero-order valence-corrected chi connectivity index (χ0v) is 12.4. The molecule has 0 aliphatic carbocycles. The summed E-state index contributed by atoms with van der Waals surface area (Å²) in [6, 6.07) is 2.04. The monoisotopic (exact) mass is 347 g/mol. The van der Waals surface area contributed by atoms with Crippen LogP contribution >= 0.6 is 0 Å². The van der Waals surface area contributed by atoms with Gasteiger partial charge in [-0.15, -0.1) is 3.89 Å². The van der Waals surface area contributed by atoms with Crippen LogP contribution in [0.25, 0.3) is 0 Å². The molecule has 1 aromatic carbocycles. The molecule has 0 spiro atoms. The van der Waals surface area contributed by atoms with E-state index in [2.05, 4.69) is 0 Å². The van der Waals surface area contributed by atoms with E-state index in [1.165, 1.54) is 6.92 Å². The van der Waals surface area contributed by atoms with Gasteiger partial charge < -0.3 is 0 Å². The smallest absolute Gasteiger partial charge is 0.299 e. The van der Waals surface area contributed by atoms with Crippen LogP contribution in [-0.2, 0) is 15.0 Å². The lowest BCUT2D eigenvalue weighted by molar-refractivity contribution is -0.392. The van der Waals surface area contributed by atoms with E-state index < -0.39 is 61.3 Å². The third kappa shape index (κ3) is 3.11. The lowest BCUT2D eigenvalue weighted by Gasteiger charge is -2.16. The lowest BCUT2D eigenvalue weighted by Crippen LogP contribution is -2.28. The number of nitro groups is 2. The first-order valence-electron chi connectivity index (χ1n) is 6.19.